The van der Waals surface area contributed by atoms with Gasteiger partial charge in [0.15, 0.2) is 0 Å². The Morgan fingerprint density at radius 3 is 2.30 bits per heavy atom. The highest BCUT2D eigenvalue weighted by Crippen LogP contribution is 2.16. The van der Waals surface area contributed by atoms with Crippen LogP contribution in [-0.2, 0) is 27.8 Å². The van der Waals surface area contributed by atoms with Gasteiger partial charge in [0.1, 0.15) is 5.75 Å². The van der Waals surface area contributed by atoms with Crippen LogP contribution in [0.2, 0.25) is 0 Å². The van der Waals surface area contributed by atoms with Crippen molar-refractivity contribution in [1.82, 2.24) is 10.6 Å². The zero-order valence-electron chi connectivity index (χ0n) is 21.2. The molecule has 0 aliphatic carbocycles. The van der Waals surface area contributed by atoms with Gasteiger partial charge in [0.2, 0.25) is 15.9 Å². The molecule has 0 spiro atoms. The van der Waals surface area contributed by atoms with Gasteiger partial charge in [-0.1, -0.05) is 60.7 Å². The minimum Gasteiger partial charge on any atom is -0.497 e. The Hall–Kier alpha value is -3.40. The Bertz CT molecular complexity index is 1220. The maximum Gasteiger partial charge on any atom is 0.235 e. The molecule has 0 aliphatic heterocycles. The van der Waals surface area contributed by atoms with E-state index in [0.717, 1.165) is 16.9 Å². The fourth-order valence-corrected chi connectivity index (χ4v) is 5.04. The molecule has 3 aromatic carbocycles. The number of aliphatic hydroxyl groups is 1. The number of benzene rings is 3. The lowest BCUT2D eigenvalue weighted by atomic mass is 10.0. The number of rotatable bonds is 14. The van der Waals surface area contributed by atoms with Crippen molar-refractivity contribution in [2.75, 3.05) is 30.8 Å². The van der Waals surface area contributed by atoms with Crippen LogP contribution < -0.4 is 19.7 Å². The van der Waals surface area contributed by atoms with E-state index in [2.05, 4.69) is 10.6 Å². The SMILES string of the molecule is COc1cccc(CNCC(O)C(Cc2ccccc2)NC(=O)CCS(=O)(=O)N(C)c2ccccc2)c1. The summed E-state index contributed by atoms with van der Waals surface area (Å²) in [5.74, 6) is -0.0216. The summed E-state index contributed by atoms with van der Waals surface area (Å²) in [6.45, 7) is 0.758. The first-order valence-corrected chi connectivity index (χ1v) is 13.8. The lowest BCUT2D eigenvalue weighted by Gasteiger charge is -2.25. The molecule has 3 aromatic rings. The molecule has 0 saturated heterocycles. The van der Waals surface area contributed by atoms with E-state index in [4.69, 9.17) is 4.74 Å². The first-order chi connectivity index (χ1) is 17.8. The molecule has 0 aromatic heterocycles. The van der Waals surface area contributed by atoms with Gasteiger partial charge in [-0.05, 0) is 41.8 Å². The zero-order valence-corrected chi connectivity index (χ0v) is 22.0. The average Bonchev–Trinajstić information content (AvgIpc) is 2.92. The molecule has 8 nitrogen and oxygen atoms in total. The molecule has 2 atom stereocenters. The molecule has 0 aliphatic rings. The molecular formula is C28H35N3O5S. The van der Waals surface area contributed by atoms with E-state index in [9.17, 15) is 18.3 Å². The fourth-order valence-electron chi connectivity index (χ4n) is 3.88. The van der Waals surface area contributed by atoms with Crippen LogP contribution in [-0.4, -0.2) is 58.0 Å². The number of amides is 1. The molecule has 0 saturated carbocycles. The Morgan fingerprint density at radius 2 is 1.62 bits per heavy atom. The summed E-state index contributed by atoms with van der Waals surface area (Å²) in [5, 5.41) is 17.0. The van der Waals surface area contributed by atoms with Crippen molar-refractivity contribution >= 4 is 21.6 Å². The van der Waals surface area contributed by atoms with Crippen molar-refractivity contribution in [2.24, 2.45) is 0 Å². The predicted molar refractivity (Wildman–Crippen MR) is 146 cm³/mol. The smallest absolute Gasteiger partial charge is 0.235 e. The van der Waals surface area contributed by atoms with Gasteiger partial charge in [-0.25, -0.2) is 8.42 Å². The summed E-state index contributed by atoms with van der Waals surface area (Å²) in [6.07, 6.45) is -0.696. The summed E-state index contributed by atoms with van der Waals surface area (Å²) < 4.78 is 31.9. The fraction of sp³-hybridized carbons (Fsp3) is 0.321. The maximum absolute atomic E-state index is 12.8. The summed E-state index contributed by atoms with van der Waals surface area (Å²) >= 11 is 0. The Kier molecular flexibility index (Phi) is 10.5. The highest BCUT2D eigenvalue weighted by molar-refractivity contribution is 7.92. The molecule has 0 heterocycles. The van der Waals surface area contributed by atoms with Gasteiger partial charge in [0, 0.05) is 26.6 Å². The van der Waals surface area contributed by atoms with Gasteiger partial charge in [-0.2, -0.15) is 0 Å². The van der Waals surface area contributed by atoms with Gasteiger partial charge in [-0.3, -0.25) is 9.10 Å². The Labute approximate surface area is 219 Å². The van der Waals surface area contributed by atoms with Crippen molar-refractivity contribution in [1.29, 1.82) is 0 Å². The van der Waals surface area contributed by atoms with Crippen LogP contribution >= 0.6 is 0 Å². The number of nitrogens with zero attached hydrogens (tertiary/aromatic N) is 1. The first kappa shape index (κ1) is 28.2. The van der Waals surface area contributed by atoms with Gasteiger partial charge in [0.25, 0.3) is 0 Å². The summed E-state index contributed by atoms with van der Waals surface area (Å²) in [6, 6.07) is 25.3. The van der Waals surface area contributed by atoms with Crippen molar-refractivity contribution in [3.8, 4) is 5.75 Å². The number of hydrogen-bond donors (Lipinski definition) is 3. The standard InChI is InChI=1S/C28H35N3O5S/c1-31(24-13-7-4-8-14-24)37(34,35)17-16-28(33)30-26(19-22-10-5-3-6-11-22)27(32)21-29-20-23-12-9-15-25(18-23)36-2/h3-15,18,26-27,29,32H,16-17,19-21H2,1-2H3,(H,30,33). The highest BCUT2D eigenvalue weighted by Gasteiger charge is 2.24. The average molecular weight is 526 g/mol. The number of hydrogen-bond acceptors (Lipinski definition) is 6. The third-order valence-electron chi connectivity index (χ3n) is 6.05. The second-order valence-corrected chi connectivity index (χ2v) is 10.9. The molecular weight excluding hydrogens is 490 g/mol. The van der Waals surface area contributed by atoms with Crippen molar-refractivity contribution < 1.29 is 23.1 Å². The predicted octanol–water partition coefficient (Wildman–Crippen LogP) is 2.73. The van der Waals surface area contributed by atoms with E-state index in [-0.39, 0.29) is 18.7 Å². The molecule has 0 radical (unpaired) electrons. The Balaban J connectivity index is 1.59. The van der Waals surface area contributed by atoms with Gasteiger partial charge >= 0.3 is 0 Å². The zero-order chi connectivity index (χ0) is 26.7. The van der Waals surface area contributed by atoms with E-state index in [1.54, 1.807) is 37.4 Å². The van der Waals surface area contributed by atoms with E-state index in [1.807, 2.05) is 54.6 Å². The molecule has 9 heteroatoms. The summed E-state index contributed by atoms with van der Waals surface area (Å²) in [4.78, 5) is 12.8. The van der Waals surface area contributed by atoms with Gasteiger partial charge < -0.3 is 20.5 Å². The van der Waals surface area contributed by atoms with E-state index < -0.39 is 28.1 Å². The van der Waals surface area contributed by atoms with E-state index in [1.165, 1.54) is 11.4 Å². The number of aliphatic hydroxyl groups excluding tert-OH is 1. The number of para-hydroxylation sites is 1. The lowest BCUT2D eigenvalue weighted by molar-refractivity contribution is -0.122. The second kappa shape index (κ2) is 13.8. The molecule has 0 fully saturated rings. The third-order valence-corrected chi connectivity index (χ3v) is 7.82. The highest BCUT2D eigenvalue weighted by atomic mass is 32.2. The number of ether oxygens (including phenoxy) is 1. The van der Waals surface area contributed by atoms with Crippen LogP contribution in [0.4, 0.5) is 5.69 Å². The van der Waals surface area contributed by atoms with Crippen molar-refractivity contribution in [3.05, 3.63) is 96.1 Å². The van der Waals surface area contributed by atoms with Gasteiger partial charge in [0.05, 0.1) is 30.7 Å². The number of nitrogens with one attached hydrogen (secondary N) is 2. The molecule has 37 heavy (non-hydrogen) atoms. The normalized spacial score (nSPS) is 12.9. The van der Waals surface area contributed by atoms with Crippen molar-refractivity contribution in [2.45, 2.75) is 31.5 Å². The second-order valence-electron chi connectivity index (χ2n) is 8.78. The largest absolute Gasteiger partial charge is 0.497 e. The summed E-state index contributed by atoms with van der Waals surface area (Å²) in [5.41, 5.74) is 2.49. The topological polar surface area (TPSA) is 108 Å². The van der Waals surface area contributed by atoms with Crippen LogP contribution in [0.15, 0.2) is 84.9 Å². The number of sulfonamides is 1. The minimum absolute atomic E-state index is 0.214. The number of carbonyl (C=O) groups excluding carboxylic acids is 1. The van der Waals surface area contributed by atoms with Crippen LogP contribution in [0.1, 0.15) is 17.5 Å². The molecule has 0 bridgehead atoms. The number of anilines is 1. The number of methoxy groups -OCH3 is 1. The Morgan fingerprint density at radius 1 is 0.973 bits per heavy atom. The molecule has 3 rings (SSSR count). The van der Waals surface area contributed by atoms with E-state index in [0.29, 0.717) is 18.7 Å². The van der Waals surface area contributed by atoms with Crippen LogP contribution in [0.25, 0.3) is 0 Å². The van der Waals surface area contributed by atoms with E-state index >= 15 is 0 Å². The number of carbonyl (C=O) groups is 1. The first-order valence-electron chi connectivity index (χ1n) is 12.1. The van der Waals surface area contributed by atoms with Crippen LogP contribution in [0.3, 0.4) is 0 Å². The minimum atomic E-state index is -3.69. The van der Waals surface area contributed by atoms with Crippen LogP contribution in [0.5, 0.6) is 5.75 Å². The maximum atomic E-state index is 12.8. The quantitative estimate of drug-likeness (QED) is 0.299. The third kappa shape index (κ3) is 8.89. The van der Waals surface area contributed by atoms with Crippen LogP contribution in [0, 0.1) is 0 Å². The lowest BCUT2D eigenvalue weighted by Crippen LogP contribution is -2.49. The molecule has 1 amide bonds. The van der Waals surface area contributed by atoms with Gasteiger partial charge in [-0.15, -0.1) is 0 Å². The molecule has 198 valence electrons. The molecule has 2 unspecified atom stereocenters. The monoisotopic (exact) mass is 525 g/mol. The molecule has 3 N–H and O–H groups in total. The van der Waals surface area contributed by atoms with Crippen molar-refractivity contribution in [3.63, 3.8) is 0 Å². The summed E-state index contributed by atoms with van der Waals surface area (Å²) in [7, 11) is -0.607.